The fourth-order valence-corrected chi connectivity index (χ4v) is 2.22. The van der Waals surface area contributed by atoms with Crippen LogP contribution >= 0.6 is 39.1 Å². The summed E-state index contributed by atoms with van der Waals surface area (Å²) in [5.41, 5.74) is 0.719. The second-order valence-corrected chi connectivity index (χ2v) is 5.24. The molecule has 0 radical (unpaired) electrons. The third kappa shape index (κ3) is 3.60. The van der Waals surface area contributed by atoms with Crippen molar-refractivity contribution in [1.29, 1.82) is 0 Å². The van der Waals surface area contributed by atoms with E-state index in [0.29, 0.717) is 18.1 Å². The molecule has 0 aliphatic carbocycles. The van der Waals surface area contributed by atoms with E-state index in [0.717, 1.165) is 10.0 Å². The highest BCUT2D eigenvalue weighted by atomic mass is 79.9. The lowest BCUT2D eigenvalue weighted by atomic mass is 10.1. The van der Waals surface area contributed by atoms with Gasteiger partial charge < -0.3 is 4.90 Å². The highest BCUT2D eigenvalue weighted by Gasteiger charge is 2.22. The third-order valence-corrected chi connectivity index (χ3v) is 4.20. The summed E-state index contributed by atoms with van der Waals surface area (Å²) in [6.45, 7) is 5.17. The molecule has 0 fully saturated rings. The van der Waals surface area contributed by atoms with E-state index in [2.05, 4.69) is 15.9 Å². The fraction of sp³-hybridized carbons (Fsp3) is 0.417. The Labute approximate surface area is 120 Å². The summed E-state index contributed by atoms with van der Waals surface area (Å²) in [6, 6.07) is 5.31. The molecule has 1 atom stereocenters. The van der Waals surface area contributed by atoms with Gasteiger partial charge in [0.1, 0.15) is 5.38 Å². The Morgan fingerprint density at radius 1 is 1.41 bits per heavy atom. The minimum atomic E-state index is -0.680. The molecule has 94 valence electrons. The number of rotatable bonds is 4. The van der Waals surface area contributed by atoms with Crippen molar-refractivity contribution >= 4 is 45.0 Å². The van der Waals surface area contributed by atoms with Crippen LogP contribution in [0.2, 0.25) is 5.02 Å². The number of likely N-dealkylation sites (N-methyl/N-ethyl adjacent to an activating group) is 1. The zero-order valence-corrected chi connectivity index (χ0v) is 12.8. The van der Waals surface area contributed by atoms with Gasteiger partial charge in [-0.25, -0.2) is 0 Å². The maximum Gasteiger partial charge on any atom is 0.245 e. The quantitative estimate of drug-likeness (QED) is 0.751. The van der Waals surface area contributed by atoms with E-state index in [1.165, 1.54) is 0 Å². The molecule has 2 nitrogen and oxygen atoms in total. The molecule has 0 bridgehead atoms. The van der Waals surface area contributed by atoms with Gasteiger partial charge in [0.25, 0.3) is 0 Å². The topological polar surface area (TPSA) is 20.3 Å². The summed E-state index contributed by atoms with van der Waals surface area (Å²) in [6.07, 6.45) is 0. The van der Waals surface area contributed by atoms with Gasteiger partial charge in [-0.3, -0.25) is 4.79 Å². The van der Waals surface area contributed by atoms with Crippen LogP contribution in [0.4, 0.5) is 0 Å². The molecule has 0 saturated carbocycles. The van der Waals surface area contributed by atoms with Gasteiger partial charge in [0.2, 0.25) is 5.91 Å². The van der Waals surface area contributed by atoms with Crippen molar-refractivity contribution in [3.63, 3.8) is 0 Å². The Morgan fingerprint density at radius 3 is 2.47 bits per heavy atom. The summed E-state index contributed by atoms with van der Waals surface area (Å²) in [4.78, 5) is 13.7. The molecule has 1 unspecified atom stereocenters. The van der Waals surface area contributed by atoms with Gasteiger partial charge in [-0.2, -0.15) is 0 Å². The van der Waals surface area contributed by atoms with Crippen LogP contribution in [0, 0.1) is 0 Å². The van der Waals surface area contributed by atoms with Crippen molar-refractivity contribution in [2.45, 2.75) is 19.2 Å². The largest absolute Gasteiger partial charge is 0.342 e. The molecule has 1 aromatic carbocycles. The molecule has 0 aliphatic heterocycles. The lowest BCUT2D eigenvalue weighted by Crippen LogP contribution is -2.33. The number of hydrogen-bond donors (Lipinski definition) is 0. The number of nitrogens with zero attached hydrogens (tertiary/aromatic N) is 1. The number of amides is 1. The van der Waals surface area contributed by atoms with E-state index in [1.54, 1.807) is 23.1 Å². The standard InChI is InChI=1S/C12H14BrCl2NO/c1-3-16(4-2)12(17)11(15)8-5-6-9(13)10(14)7-8/h5-7,11H,3-4H2,1-2H3. The summed E-state index contributed by atoms with van der Waals surface area (Å²) in [5, 5.41) is -0.124. The second kappa shape index (κ2) is 6.62. The van der Waals surface area contributed by atoms with E-state index < -0.39 is 5.38 Å². The molecule has 0 spiro atoms. The number of carbonyl (C=O) groups excluding carboxylic acids is 1. The van der Waals surface area contributed by atoms with E-state index in [9.17, 15) is 4.79 Å². The van der Waals surface area contributed by atoms with Gasteiger partial charge >= 0.3 is 0 Å². The first-order chi connectivity index (χ1) is 8.01. The predicted octanol–water partition coefficient (Wildman–Crippen LogP) is 4.25. The van der Waals surface area contributed by atoms with E-state index in [-0.39, 0.29) is 5.91 Å². The zero-order valence-electron chi connectivity index (χ0n) is 9.71. The Kier molecular flexibility index (Phi) is 5.77. The molecule has 1 rings (SSSR count). The molecule has 0 aliphatic rings. The normalized spacial score (nSPS) is 12.3. The maximum atomic E-state index is 12.0. The first-order valence-electron chi connectivity index (χ1n) is 5.39. The van der Waals surface area contributed by atoms with Gasteiger partial charge in [0, 0.05) is 17.6 Å². The van der Waals surface area contributed by atoms with Gasteiger partial charge in [-0.05, 0) is 47.5 Å². The number of hydrogen-bond acceptors (Lipinski definition) is 1. The SMILES string of the molecule is CCN(CC)C(=O)C(Cl)c1ccc(Br)c(Cl)c1. The summed E-state index contributed by atoms with van der Waals surface area (Å²) >= 11 is 15.4. The van der Waals surface area contributed by atoms with Gasteiger partial charge in [-0.1, -0.05) is 17.7 Å². The maximum absolute atomic E-state index is 12.0. The number of halogens is 3. The number of benzene rings is 1. The van der Waals surface area contributed by atoms with E-state index in [1.807, 2.05) is 13.8 Å². The van der Waals surface area contributed by atoms with Crippen molar-refractivity contribution in [3.8, 4) is 0 Å². The van der Waals surface area contributed by atoms with Crippen LogP contribution in [0.25, 0.3) is 0 Å². The molecular weight excluding hydrogens is 325 g/mol. The van der Waals surface area contributed by atoms with Crippen molar-refractivity contribution in [2.75, 3.05) is 13.1 Å². The highest BCUT2D eigenvalue weighted by molar-refractivity contribution is 9.10. The molecule has 0 heterocycles. The van der Waals surface area contributed by atoms with Crippen LogP contribution in [-0.2, 0) is 4.79 Å². The molecule has 1 aromatic rings. The van der Waals surface area contributed by atoms with Crippen LogP contribution in [-0.4, -0.2) is 23.9 Å². The first-order valence-corrected chi connectivity index (χ1v) is 6.99. The average molecular weight is 339 g/mol. The number of alkyl halides is 1. The van der Waals surface area contributed by atoms with Crippen LogP contribution in [0.1, 0.15) is 24.8 Å². The predicted molar refractivity (Wildman–Crippen MR) is 75.7 cm³/mol. The van der Waals surface area contributed by atoms with E-state index in [4.69, 9.17) is 23.2 Å². The van der Waals surface area contributed by atoms with Crippen molar-refractivity contribution in [1.82, 2.24) is 4.90 Å². The van der Waals surface area contributed by atoms with Gasteiger partial charge in [-0.15, -0.1) is 11.6 Å². The second-order valence-electron chi connectivity index (χ2n) is 3.55. The van der Waals surface area contributed by atoms with Crippen LogP contribution in [0.3, 0.4) is 0 Å². The van der Waals surface area contributed by atoms with Gasteiger partial charge in [0.15, 0.2) is 0 Å². The minimum absolute atomic E-state index is 0.0879. The Hall–Kier alpha value is -0.250. The lowest BCUT2D eigenvalue weighted by Gasteiger charge is -2.22. The monoisotopic (exact) mass is 337 g/mol. The van der Waals surface area contributed by atoms with Crippen molar-refractivity contribution in [2.24, 2.45) is 0 Å². The zero-order chi connectivity index (χ0) is 13.0. The highest BCUT2D eigenvalue weighted by Crippen LogP contribution is 2.29. The van der Waals surface area contributed by atoms with Crippen LogP contribution in [0.15, 0.2) is 22.7 Å². The minimum Gasteiger partial charge on any atom is -0.342 e. The Balaban J connectivity index is 2.92. The molecular formula is C12H14BrCl2NO. The summed E-state index contributed by atoms with van der Waals surface area (Å²) in [7, 11) is 0. The molecule has 1 amide bonds. The average Bonchev–Trinajstić information content (AvgIpc) is 2.33. The Bertz CT molecular complexity index is 407. The van der Waals surface area contributed by atoms with Crippen LogP contribution < -0.4 is 0 Å². The fourth-order valence-electron chi connectivity index (χ4n) is 1.51. The lowest BCUT2D eigenvalue weighted by molar-refractivity contribution is -0.130. The smallest absolute Gasteiger partial charge is 0.245 e. The molecule has 0 N–H and O–H groups in total. The summed E-state index contributed by atoms with van der Waals surface area (Å²) < 4.78 is 0.794. The molecule has 17 heavy (non-hydrogen) atoms. The number of carbonyl (C=O) groups is 1. The molecule has 0 saturated heterocycles. The van der Waals surface area contributed by atoms with E-state index >= 15 is 0 Å². The van der Waals surface area contributed by atoms with Crippen LogP contribution in [0.5, 0.6) is 0 Å². The Morgan fingerprint density at radius 2 is 2.00 bits per heavy atom. The summed E-state index contributed by atoms with van der Waals surface area (Å²) in [5.74, 6) is -0.0879. The first kappa shape index (κ1) is 14.8. The van der Waals surface area contributed by atoms with Crippen molar-refractivity contribution in [3.05, 3.63) is 33.3 Å². The third-order valence-electron chi connectivity index (χ3n) is 2.53. The van der Waals surface area contributed by atoms with Gasteiger partial charge in [0.05, 0.1) is 5.02 Å². The van der Waals surface area contributed by atoms with Crippen molar-refractivity contribution < 1.29 is 4.79 Å². The molecule has 5 heteroatoms. The molecule has 0 aromatic heterocycles.